The predicted octanol–water partition coefficient (Wildman–Crippen LogP) is 3.15. The van der Waals surface area contributed by atoms with Crippen molar-refractivity contribution in [2.45, 2.75) is 38.1 Å². The molecule has 32 heavy (non-hydrogen) atoms. The number of anilines is 2. The molecule has 1 atom stereocenters. The highest BCUT2D eigenvalue weighted by atomic mass is 32.2. The molecule has 1 aliphatic heterocycles. The largest absolute Gasteiger partial charge is 0.356 e. The standard InChI is InChI=1S/C23H29N5O3S/c1-3-11-24-23(31)18-7-5-12-28(14-18)20-9-10-22(27-26-20)32-15-21(30)25-19-8-4-6-17(13-19)16(2)29/h4,6,8-10,13,18H,3,5,7,11-12,14-15H2,1-2H3,(H,24,31)(H,25,30)/t18-/m1/s1. The van der Waals surface area contributed by atoms with Crippen molar-refractivity contribution >= 4 is 40.9 Å². The summed E-state index contributed by atoms with van der Waals surface area (Å²) in [5, 5.41) is 15.0. The van der Waals surface area contributed by atoms with Crippen LogP contribution in [0.3, 0.4) is 0 Å². The van der Waals surface area contributed by atoms with Gasteiger partial charge in [-0.15, -0.1) is 10.2 Å². The van der Waals surface area contributed by atoms with Gasteiger partial charge in [0.15, 0.2) is 11.6 Å². The fraction of sp³-hybridized carbons (Fsp3) is 0.435. The van der Waals surface area contributed by atoms with Crippen LogP contribution in [0.2, 0.25) is 0 Å². The zero-order chi connectivity index (χ0) is 22.9. The summed E-state index contributed by atoms with van der Waals surface area (Å²) in [6, 6.07) is 10.6. The summed E-state index contributed by atoms with van der Waals surface area (Å²) < 4.78 is 0. The van der Waals surface area contributed by atoms with E-state index in [0.717, 1.165) is 31.6 Å². The van der Waals surface area contributed by atoms with Gasteiger partial charge in [-0.2, -0.15) is 0 Å². The molecule has 0 aliphatic carbocycles. The molecule has 2 amide bonds. The molecule has 2 heterocycles. The van der Waals surface area contributed by atoms with Crippen molar-refractivity contribution in [3.63, 3.8) is 0 Å². The molecular weight excluding hydrogens is 426 g/mol. The minimum Gasteiger partial charge on any atom is -0.356 e. The number of nitrogens with zero attached hydrogens (tertiary/aromatic N) is 3. The van der Waals surface area contributed by atoms with Gasteiger partial charge in [0.05, 0.1) is 11.7 Å². The first-order valence-electron chi connectivity index (χ1n) is 10.9. The topological polar surface area (TPSA) is 104 Å². The SMILES string of the molecule is CCCNC(=O)[C@@H]1CCCN(c2ccc(SCC(=O)Nc3cccc(C(C)=O)c3)nn2)C1. The Kier molecular flexibility index (Phi) is 8.61. The van der Waals surface area contributed by atoms with E-state index in [2.05, 4.69) is 25.7 Å². The summed E-state index contributed by atoms with van der Waals surface area (Å²) in [5.41, 5.74) is 1.15. The smallest absolute Gasteiger partial charge is 0.234 e. The van der Waals surface area contributed by atoms with Gasteiger partial charge < -0.3 is 15.5 Å². The molecule has 0 saturated carbocycles. The first-order chi connectivity index (χ1) is 15.5. The molecular formula is C23H29N5O3S. The number of thioether (sulfide) groups is 1. The Morgan fingerprint density at radius 2 is 2.03 bits per heavy atom. The molecule has 3 rings (SSSR count). The first-order valence-corrected chi connectivity index (χ1v) is 11.8. The Hall–Kier alpha value is -2.94. The van der Waals surface area contributed by atoms with Crippen LogP contribution < -0.4 is 15.5 Å². The Morgan fingerprint density at radius 1 is 1.19 bits per heavy atom. The van der Waals surface area contributed by atoms with Crippen molar-refractivity contribution < 1.29 is 14.4 Å². The number of carbonyl (C=O) groups is 3. The maximum absolute atomic E-state index is 12.3. The molecule has 170 valence electrons. The van der Waals surface area contributed by atoms with Crippen molar-refractivity contribution in [3.8, 4) is 0 Å². The number of carbonyl (C=O) groups excluding carboxylic acids is 3. The van der Waals surface area contributed by atoms with Gasteiger partial charge in [-0.3, -0.25) is 14.4 Å². The lowest BCUT2D eigenvalue weighted by Gasteiger charge is -2.32. The van der Waals surface area contributed by atoms with Crippen molar-refractivity contribution in [1.29, 1.82) is 0 Å². The number of amides is 2. The van der Waals surface area contributed by atoms with E-state index in [-0.39, 0.29) is 29.3 Å². The maximum Gasteiger partial charge on any atom is 0.234 e. The van der Waals surface area contributed by atoms with Gasteiger partial charge in [0.25, 0.3) is 0 Å². The number of benzene rings is 1. The normalized spacial score (nSPS) is 15.8. The van der Waals surface area contributed by atoms with Crippen LogP contribution in [0, 0.1) is 5.92 Å². The molecule has 1 aliphatic rings. The van der Waals surface area contributed by atoms with E-state index in [0.29, 0.717) is 29.4 Å². The quantitative estimate of drug-likeness (QED) is 0.442. The van der Waals surface area contributed by atoms with Crippen LogP contribution in [0.5, 0.6) is 0 Å². The number of nitrogens with one attached hydrogen (secondary N) is 2. The summed E-state index contributed by atoms with van der Waals surface area (Å²) in [4.78, 5) is 38.1. The fourth-order valence-corrected chi connectivity index (χ4v) is 4.12. The fourth-order valence-electron chi connectivity index (χ4n) is 3.50. The predicted molar refractivity (Wildman–Crippen MR) is 126 cm³/mol. The average Bonchev–Trinajstić information content (AvgIpc) is 2.81. The lowest BCUT2D eigenvalue weighted by molar-refractivity contribution is -0.125. The number of hydrogen-bond donors (Lipinski definition) is 2. The molecule has 1 aromatic heterocycles. The van der Waals surface area contributed by atoms with Crippen molar-refractivity contribution in [1.82, 2.24) is 15.5 Å². The lowest BCUT2D eigenvalue weighted by Crippen LogP contribution is -2.43. The van der Waals surface area contributed by atoms with Gasteiger partial charge in [-0.1, -0.05) is 30.8 Å². The lowest BCUT2D eigenvalue weighted by atomic mass is 9.97. The van der Waals surface area contributed by atoms with Gasteiger partial charge in [-0.05, 0) is 50.5 Å². The zero-order valence-electron chi connectivity index (χ0n) is 18.5. The number of aromatic nitrogens is 2. The number of hydrogen-bond acceptors (Lipinski definition) is 7. The highest BCUT2D eigenvalue weighted by Crippen LogP contribution is 2.23. The molecule has 2 N–H and O–H groups in total. The van der Waals surface area contributed by atoms with E-state index in [4.69, 9.17) is 0 Å². The Labute approximate surface area is 192 Å². The summed E-state index contributed by atoms with van der Waals surface area (Å²) in [6.45, 7) is 5.72. The molecule has 2 aromatic rings. The molecule has 0 radical (unpaired) electrons. The van der Waals surface area contributed by atoms with Crippen molar-refractivity contribution in [2.75, 3.05) is 35.6 Å². The first kappa shape index (κ1) is 23.7. The Bertz CT molecular complexity index is 951. The van der Waals surface area contributed by atoms with Crippen molar-refractivity contribution in [3.05, 3.63) is 42.0 Å². The van der Waals surface area contributed by atoms with E-state index >= 15 is 0 Å². The number of Topliss-reactive ketones (excluding diaryl/α,β-unsaturated/α-hetero) is 1. The molecule has 9 heteroatoms. The Balaban J connectivity index is 1.50. The number of ketones is 1. The third kappa shape index (κ3) is 6.78. The van der Waals surface area contributed by atoms with Crippen molar-refractivity contribution in [2.24, 2.45) is 5.92 Å². The zero-order valence-corrected chi connectivity index (χ0v) is 19.3. The summed E-state index contributed by atoms with van der Waals surface area (Å²) in [6.07, 6.45) is 2.75. The second-order valence-corrected chi connectivity index (χ2v) is 8.78. The molecule has 0 unspecified atom stereocenters. The highest BCUT2D eigenvalue weighted by molar-refractivity contribution is 7.99. The van der Waals surface area contributed by atoms with Gasteiger partial charge in [0.1, 0.15) is 5.03 Å². The van der Waals surface area contributed by atoms with Gasteiger partial charge >= 0.3 is 0 Å². The molecule has 1 saturated heterocycles. The van der Waals surface area contributed by atoms with Gasteiger partial charge in [-0.25, -0.2) is 0 Å². The third-order valence-corrected chi connectivity index (χ3v) is 6.12. The van der Waals surface area contributed by atoms with Gasteiger partial charge in [0.2, 0.25) is 11.8 Å². The van der Waals surface area contributed by atoms with Crippen LogP contribution >= 0.6 is 11.8 Å². The van der Waals surface area contributed by atoms with E-state index in [1.807, 2.05) is 19.1 Å². The van der Waals surface area contributed by atoms with Crippen LogP contribution in [0.25, 0.3) is 0 Å². The Morgan fingerprint density at radius 3 is 2.75 bits per heavy atom. The number of piperidine rings is 1. The number of rotatable bonds is 9. The molecule has 0 bridgehead atoms. The van der Waals surface area contributed by atoms with Crippen LogP contribution in [-0.2, 0) is 9.59 Å². The van der Waals surface area contributed by atoms with Gasteiger partial charge in [0, 0.05) is 30.9 Å². The molecule has 1 aromatic carbocycles. The molecule has 1 fully saturated rings. The van der Waals surface area contributed by atoms with Crippen LogP contribution in [0.1, 0.15) is 43.5 Å². The summed E-state index contributed by atoms with van der Waals surface area (Å²) >= 11 is 1.29. The van der Waals surface area contributed by atoms with E-state index < -0.39 is 0 Å². The highest BCUT2D eigenvalue weighted by Gasteiger charge is 2.26. The monoisotopic (exact) mass is 455 g/mol. The minimum absolute atomic E-state index is 0.0312. The van der Waals surface area contributed by atoms with E-state index in [1.165, 1.54) is 18.7 Å². The second-order valence-electron chi connectivity index (χ2n) is 7.78. The molecule has 0 spiro atoms. The van der Waals surface area contributed by atoms with Crippen LogP contribution in [-0.4, -0.2) is 53.2 Å². The van der Waals surface area contributed by atoms with Crippen LogP contribution in [0.15, 0.2) is 41.4 Å². The second kappa shape index (κ2) is 11.6. The third-order valence-electron chi connectivity index (χ3n) is 5.20. The summed E-state index contributed by atoms with van der Waals surface area (Å²) in [7, 11) is 0. The molecule has 8 nitrogen and oxygen atoms in total. The van der Waals surface area contributed by atoms with E-state index in [9.17, 15) is 14.4 Å². The maximum atomic E-state index is 12.3. The van der Waals surface area contributed by atoms with Crippen LogP contribution in [0.4, 0.5) is 11.5 Å². The average molecular weight is 456 g/mol. The summed E-state index contributed by atoms with van der Waals surface area (Å²) in [5.74, 6) is 0.772. The van der Waals surface area contributed by atoms with E-state index in [1.54, 1.807) is 24.3 Å². The minimum atomic E-state index is -0.182.